The highest BCUT2D eigenvalue weighted by Gasteiger charge is 2.18. The molecule has 2 rings (SSSR count). The number of likely N-dealkylation sites (N-methyl/N-ethyl adjacent to an activating group) is 1. The van der Waals surface area contributed by atoms with Crippen molar-refractivity contribution in [2.24, 2.45) is 0 Å². The maximum atomic E-state index is 12.0. The van der Waals surface area contributed by atoms with Gasteiger partial charge in [0.15, 0.2) is 0 Å². The molecule has 100 valence electrons. The van der Waals surface area contributed by atoms with E-state index in [2.05, 4.69) is 35.6 Å². The molecule has 1 aliphatic heterocycles. The molecule has 1 amide bonds. The predicted octanol–water partition coefficient (Wildman–Crippen LogP) is 0.920. The predicted molar refractivity (Wildman–Crippen MR) is 74.8 cm³/mol. The Kier molecular flexibility index (Phi) is 4.74. The molecule has 1 fully saturated rings. The van der Waals surface area contributed by atoms with Crippen LogP contribution in [-0.2, 0) is 11.3 Å². The molecule has 1 aliphatic rings. The van der Waals surface area contributed by atoms with Crippen LogP contribution in [0.3, 0.4) is 0 Å². The average Bonchev–Trinajstić information content (AvgIpc) is 2.76. The Hall–Kier alpha value is -0.910. The van der Waals surface area contributed by atoms with Gasteiger partial charge in [0, 0.05) is 37.6 Å². The van der Waals surface area contributed by atoms with Gasteiger partial charge in [0.05, 0.1) is 6.54 Å². The van der Waals surface area contributed by atoms with Crippen molar-refractivity contribution in [3.05, 3.63) is 21.9 Å². The van der Waals surface area contributed by atoms with Crippen molar-refractivity contribution in [2.45, 2.75) is 13.5 Å². The second-order valence-corrected chi connectivity index (χ2v) is 5.82. The van der Waals surface area contributed by atoms with Gasteiger partial charge in [-0.15, -0.1) is 11.3 Å². The Morgan fingerprint density at radius 1 is 1.39 bits per heavy atom. The Morgan fingerprint density at radius 2 is 2.11 bits per heavy atom. The first kappa shape index (κ1) is 13.5. The zero-order valence-corrected chi connectivity index (χ0v) is 11.9. The smallest absolute Gasteiger partial charge is 0.236 e. The van der Waals surface area contributed by atoms with Gasteiger partial charge in [-0.3, -0.25) is 4.79 Å². The lowest BCUT2D eigenvalue weighted by molar-refractivity contribution is -0.131. The maximum absolute atomic E-state index is 12.0. The van der Waals surface area contributed by atoms with Crippen molar-refractivity contribution in [3.63, 3.8) is 0 Å². The largest absolute Gasteiger partial charge is 0.339 e. The minimum atomic E-state index is 0.220. The standard InChI is InChI=1S/C13H21N3OS/c1-11-3-8-18-12(11)9-14-10-13(17)16-6-4-15(2)5-7-16/h3,8,14H,4-7,9-10H2,1-2H3. The molecular formula is C13H21N3OS. The number of nitrogens with zero attached hydrogens (tertiary/aromatic N) is 2. The third-order valence-corrected chi connectivity index (χ3v) is 4.41. The van der Waals surface area contributed by atoms with Crippen molar-refractivity contribution in [3.8, 4) is 0 Å². The number of rotatable bonds is 4. The molecule has 0 atom stereocenters. The molecule has 1 N–H and O–H groups in total. The molecule has 0 unspecified atom stereocenters. The van der Waals surface area contributed by atoms with E-state index < -0.39 is 0 Å². The molecule has 0 spiro atoms. The van der Waals surface area contributed by atoms with Gasteiger partial charge >= 0.3 is 0 Å². The maximum Gasteiger partial charge on any atom is 0.236 e. The molecular weight excluding hydrogens is 246 g/mol. The van der Waals surface area contributed by atoms with E-state index in [4.69, 9.17) is 0 Å². The van der Waals surface area contributed by atoms with Crippen LogP contribution in [0.15, 0.2) is 11.4 Å². The molecule has 0 bridgehead atoms. The van der Waals surface area contributed by atoms with Gasteiger partial charge in [0.2, 0.25) is 5.91 Å². The molecule has 1 aromatic rings. The van der Waals surface area contributed by atoms with Gasteiger partial charge in [-0.05, 0) is 31.0 Å². The fourth-order valence-electron chi connectivity index (χ4n) is 2.04. The van der Waals surface area contributed by atoms with Crippen molar-refractivity contribution in [1.82, 2.24) is 15.1 Å². The number of nitrogens with one attached hydrogen (secondary N) is 1. The highest BCUT2D eigenvalue weighted by molar-refractivity contribution is 7.10. The summed E-state index contributed by atoms with van der Waals surface area (Å²) in [4.78, 5) is 17.5. The highest BCUT2D eigenvalue weighted by Crippen LogP contribution is 2.14. The van der Waals surface area contributed by atoms with Crippen molar-refractivity contribution >= 4 is 17.2 Å². The number of thiophene rings is 1. The van der Waals surface area contributed by atoms with Gasteiger partial charge in [-0.1, -0.05) is 0 Å². The fourth-order valence-corrected chi connectivity index (χ4v) is 2.91. The Labute approximate surface area is 113 Å². The van der Waals surface area contributed by atoms with Gasteiger partial charge in [0.25, 0.3) is 0 Å². The molecule has 0 saturated carbocycles. The SMILES string of the molecule is Cc1ccsc1CNCC(=O)N1CCN(C)CC1. The van der Waals surface area contributed by atoms with Crippen LogP contribution in [0.2, 0.25) is 0 Å². The summed E-state index contributed by atoms with van der Waals surface area (Å²) in [5.41, 5.74) is 1.31. The minimum absolute atomic E-state index is 0.220. The van der Waals surface area contributed by atoms with E-state index in [9.17, 15) is 4.79 Å². The van der Waals surface area contributed by atoms with Crippen LogP contribution in [0.4, 0.5) is 0 Å². The number of hydrogen-bond donors (Lipinski definition) is 1. The first-order valence-corrected chi connectivity index (χ1v) is 7.25. The first-order chi connectivity index (χ1) is 8.66. The molecule has 0 aliphatic carbocycles. The summed E-state index contributed by atoms with van der Waals surface area (Å²) in [5, 5.41) is 5.33. The van der Waals surface area contributed by atoms with Crippen LogP contribution in [0, 0.1) is 6.92 Å². The number of amides is 1. The Bertz CT molecular complexity index is 397. The summed E-state index contributed by atoms with van der Waals surface area (Å²) >= 11 is 1.74. The number of aryl methyl sites for hydroxylation is 1. The van der Waals surface area contributed by atoms with Crippen LogP contribution in [0.5, 0.6) is 0 Å². The van der Waals surface area contributed by atoms with Crippen LogP contribution in [0.1, 0.15) is 10.4 Å². The molecule has 18 heavy (non-hydrogen) atoms. The van der Waals surface area contributed by atoms with E-state index in [0.717, 1.165) is 32.7 Å². The number of hydrogen-bond acceptors (Lipinski definition) is 4. The molecule has 0 aromatic carbocycles. The second-order valence-electron chi connectivity index (χ2n) is 4.81. The molecule has 0 radical (unpaired) electrons. The van der Waals surface area contributed by atoms with Crippen LogP contribution >= 0.6 is 11.3 Å². The van der Waals surface area contributed by atoms with Gasteiger partial charge < -0.3 is 15.1 Å². The highest BCUT2D eigenvalue weighted by atomic mass is 32.1. The molecule has 5 heteroatoms. The quantitative estimate of drug-likeness (QED) is 0.881. The zero-order chi connectivity index (χ0) is 13.0. The third-order valence-electron chi connectivity index (χ3n) is 3.39. The lowest BCUT2D eigenvalue weighted by atomic mass is 10.3. The van der Waals surface area contributed by atoms with Gasteiger partial charge in [0.1, 0.15) is 0 Å². The summed E-state index contributed by atoms with van der Waals surface area (Å²) in [7, 11) is 2.10. The Balaban J connectivity index is 1.70. The second kappa shape index (κ2) is 6.31. The lowest BCUT2D eigenvalue weighted by Crippen LogP contribution is -2.49. The van der Waals surface area contributed by atoms with E-state index >= 15 is 0 Å². The van der Waals surface area contributed by atoms with Crippen LogP contribution < -0.4 is 5.32 Å². The molecule has 1 saturated heterocycles. The number of carbonyl (C=O) groups is 1. The third kappa shape index (κ3) is 3.54. The van der Waals surface area contributed by atoms with Gasteiger partial charge in [-0.25, -0.2) is 0 Å². The summed E-state index contributed by atoms with van der Waals surface area (Å²) in [6.45, 7) is 7.02. The van der Waals surface area contributed by atoms with Crippen LogP contribution in [0.25, 0.3) is 0 Å². The molecule has 1 aromatic heterocycles. The van der Waals surface area contributed by atoms with E-state index in [1.165, 1.54) is 10.4 Å². The number of carbonyl (C=O) groups excluding carboxylic acids is 1. The fraction of sp³-hybridized carbons (Fsp3) is 0.615. The summed E-state index contributed by atoms with van der Waals surface area (Å²) in [5.74, 6) is 0.220. The summed E-state index contributed by atoms with van der Waals surface area (Å²) in [6.07, 6.45) is 0. The first-order valence-electron chi connectivity index (χ1n) is 6.37. The van der Waals surface area contributed by atoms with Crippen molar-refractivity contribution < 1.29 is 4.79 Å². The molecule has 4 nitrogen and oxygen atoms in total. The van der Waals surface area contributed by atoms with E-state index in [1.54, 1.807) is 11.3 Å². The van der Waals surface area contributed by atoms with Gasteiger partial charge in [-0.2, -0.15) is 0 Å². The average molecular weight is 267 g/mol. The summed E-state index contributed by atoms with van der Waals surface area (Å²) < 4.78 is 0. The normalized spacial score (nSPS) is 17.1. The van der Waals surface area contributed by atoms with E-state index in [-0.39, 0.29) is 5.91 Å². The topological polar surface area (TPSA) is 35.6 Å². The summed E-state index contributed by atoms with van der Waals surface area (Å²) in [6, 6.07) is 2.12. The number of piperazine rings is 1. The lowest BCUT2D eigenvalue weighted by Gasteiger charge is -2.32. The van der Waals surface area contributed by atoms with Crippen LogP contribution in [-0.4, -0.2) is 55.5 Å². The minimum Gasteiger partial charge on any atom is -0.339 e. The molecule has 2 heterocycles. The zero-order valence-electron chi connectivity index (χ0n) is 11.1. The van der Waals surface area contributed by atoms with E-state index in [1.807, 2.05) is 4.90 Å². The van der Waals surface area contributed by atoms with Crippen molar-refractivity contribution in [2.75, 3.05) is 39.8 Å². The Morgan fingerprint density at radius 3 is 2.72 bits per heavy atom. The van der Waals surface area contributed by atoms with E-state index in [0.29, 0.717) is 6.54 Å². The monoisotopic (exact) mass is 267 g/mol. The van der Waals surface area contributed by atoms with Crippen molar-refractivity contribution in [1.29, 1.82) is 0 Å².